The molecule has 20 heavy (non-hydrogen) atoms. The van der Waals surface area contributed by atoms with Gasteiger partial charge in [0.05, 0.1) is 12.2 Å². The van der Waals surface area contributed by atoms with Gasteiger partial charge in [0.25, 0.3) is 0 Å². The molecule has 3 heteroatoms. The van der Waals surface area contributed by atoms with Gasteiger partial charge >= 0.3 is 0 Å². The van der Waals surface area contributed by atoms with Gasteiger partial charge in [0.15, 0.2) is 5.78 Å². The van der Waals surface area contributed by atoms with Gasteiger partial charge in [-0.25, -0.2) is 0 Å². The summed E-state index contributed by atoms with van der Waals surface area (Å²) in [5, 5.41) is 0. The van der Waals surface area contributed by atoms with Crippen LogP contribution in [0.1, 0.15) is 34.3 Å². The Balaban J connectivity index is 1.74. The number of rotatable bonds is 4. The first-order chi connectivity index (χ1) is 9.65. The summed E-state index contributed by atoms with van der Waals surface area (Å²) < 4.78 is 6.81. The largest absolute Gasteiger partial charge is 0.492 e. The minimum Gasteiger partial charge on any atom is -0.492 e. The minimum absolute atomic E-state index is 0.0292. The third-order valence-corrected chi connectivity index (χ3v) is 4.22. The van der Waals surface area contributed by atoms with E-state index in [1.54, 1.807) is 13.0 Å². The molecule has 0 amide bonds. The standard InChI is InChI=1S/C17H15BrO2/c1-11(19)15-7-6-14(18)9-17(15)20-10-13-8-12-4-2-3-5-16(12)13/h2-7,9,13H,8,10H2,1H3. The lowest BCUT2D eigenvalue weighted by Crippen LogP contribution is -2.23. The number of ether oxygens (including phenoxy) is 1. The van der Waals surface area contributed by atoms with Crippen molar-refractivity contribution in [3.8, 4) is 5.75 Å². The van der Waals surface area contributed by atoms with E-state index in [9.17, 15) is 4.79 Å². The van der Waals surface area contributed by atoms with E-state index in [2.05, 4.69) is 40.2 Å². The molecule has 0 saturated heterocycles. The summed E-state index contributed by atoms with van der Waals surface area (Å²) in [7, 11) is 0. The highest BCUT2D eigenvalue weighted by Crippen LogP contribution is 2.35. The average Bonchev–Trinajstić information content (AvgIpc) is 2.39. The summed E-state index contributed by atoms with van der Waals surface area (Å²) in [6, 6.07) is 14.0. The Morgan fingerprint density at radius 1 is 1.30 bits per heavy atom. The lowest BCUT2D eigenvalue weighted by molar-refractivity contribution is 0.101. The fourth-order valence-corrected chi connectivity index (χ4v) is 2.95. The van der Waals surface area contributed by atoms with Crippen LogP contribution in [0.25, 0.3) is 0 Å². The summed E-state index contributed by atoms with van der Waals surface area (Å²) >= 11 is 3.42. The summed E-state index contributed by atoms with van der Waals surface area (Å²) in [5.74, 6) is 1.13. The van der Waals surface area contributed by atoms with Gasteiger partial charge in [-0.05, 0) is 42.7 Å². The van der Waals surface area contributed by atoms with Gasteiger partial charge in [-0.15, -0.1) is 0 Å². The Labute approximate surface area is 126 Å². The molecule has 2 aromatic carbocycles. The second kappa shape index (κ2) is 5.41. The maximum atomic E-state index is 11.6. The highest BCUT2D eigenvalue weighted by atomic mass is 79.9. The molecule has 0 aliphatic heterocycles. The van der Waals surface area contributed by atoms with E-state index < -0.39 is 0 Å². The van der Waals surface area contributed by atoms with Gasteiger partial charge in [0, 0.05) is 10.4 Å². The van der Waals surface area contributed by atoms with Crippen LogP contribution < -0.4 is 4.74 Å². The van der Waals surface area contributed by atoms with E-state index in [0.717, 1.165) is 10.9 Å². The third-order valence-electron chi connectivity index (χ3n) is 3.72. The van der Waals surface area contributed by atoms with Gasteiger partial charge in [-0.1, -0.05) is 40.2 Å². The van der Waals surface area contributed by atoms with Crippen molar-refractivity contribution in [1.29, 1.82) is 0 Å². The Hall–Kier alpha value is -1.61. The quantitative estimate of drug-likeness (QED) is 0.778. The van der Waals surface area contributed by atoms with Crippen LogP contribution >= 0.6 is 15.9 Å². The first kappa shape index (κ1) is 13.4. The van der Waals surface area contributed by atoms with E-state index in [1.807, 2.05) is 12.1 Å². The summed E-state index contributed by atoms with van der Waals surface area (Å²) in [4.78, 5) is 11.6. The van der Waals surface area contributed by atoms with Gasteiger partial charge in [-0.3, -0.25) is 4.79 Å². The monoisotopic (exact) mass is 330 g/mol. The maximum absolute atomic E-state index is 11.6. The molecule has 0 saturated carbocycles. The highest BCUT2D eigenvalue weighted by molar-refractivity contribution is 9.10. The highest BCUT2D eigenvalue weighted by Gasteiger charge is 2.26. The Morgan fingerprint density at radius 2 is 2.10 bits per heavy atom. The Bertz CT molecular complexity index is 664. The van der Waals surface area contributed by atoms with Crippen LogP contribution in [0.3, 0.4) is 0 Å². The van der Waals surface area contributed by atoms with Crippen LogP contribution in [-0.4, -0.2) is 12.4 Å². The molecule has 0 N–H and O–H groups in total. The van der Waals surface area contributed by atoms with Crippen molar-refractivity contribution >= 4 is 21.7 Å². The zero-order valence-electron chi connectivity index (χ0n) is 11.2. The lowest BCUT2D eigenvalue weighted by atomic mass is 9.78. The predicted molar refractivity (Wildman–Crippen MR) is 82.5 cm³/mol. The molecule has 0 bridgehead atoms. The summed E-state index contributed by atoms with van der Waals surface area (Å²) in [6.07, 6.45) is 1.06. The SMILES string of the molecule is CC(=O)c1ccc(Br)cc1OCC1Cc2ccccc21. The number of benzene rings is 2. The zero-order valence-corrected chi connectivity index (χ0v) is 12.8. The Morgan fingerprint density at radius 3 is 2.85 bits per heavy atom. The predicted octanol–water partition coefficient (Wildman–Crippen LogP) is 4.37. The molecule has 0 fully saturated rings. The number of ketones is 1. The van der Waals surface area contributed by atoms with Crippen molar-refractivity contribution in [2.45, 2.75) is 19.3 Å². The molecule has 1 aliphatic carbocycles. The van der Waals surface area contributed by atoms with Gasteiger partial charge < -0.3 is 4.74 Å². The van der Waals surface area contributed by atoms with Crippen LogP contribution in [0.2, 0.25) is 0 Å². The zero-order chi connectivity index (χ0) is 14.1. The van der Waals surface area contributed by atoms with Crippen LogP contribution in [0, 0.1) is 0 Å². The van der Waals surface area contributed by atoms with Crippen LogP contribution in [0.5, 0.6) is 5.75 Å². The molecule has 0 heterocycles. The molecule has 0 aromatic heterocycles. The first-order valence-corrected chi connectivity index (χ1v) is 7.45. The summed E-state index contributed by atoms with van der Waals surface area (Å²) in [6.45, 7) is 2.18. The summed E-state index contributed by atoms with van der Waals surface area (Å²) in [5.41, 5.74) is 3.41. The van der Waals surface area contributed by atoms with Crippen LogP contribution in [0.15, 0.2) is 46.9 Å². The smallest absolute Gasteiger partial charge is 0.163 e. The van der Waals surface area contributed by atoms with Gasteiger partial charge in [-0.2, -0.15) is 0 Å². The lowest BCUT2D eigenvalue weighted by Gasteiger charge is -2.30. The number of Topliss-reactive ketones (excluding diaryl/α,β-unsaturated/α-hetero) is 1. The van der Waals surface area contributed by atoms with E-state index in [1.165, 1.54) is 11.1 Å². The number of hydrogen-bond acceptors (Lipinski definition) is 2. The topological polar surface area (TPSA) is 26.3 Å². The molecular formula is C17H15BrO2. The number of hydrogen-bond donors (Lipinski definition) is 0. The van der Waals surface area contributed by atoms with Crippen molar-refractivity contribution in [3.63, 3.8) is 0 Å². The van der Waals surface area contributed by atoms with E-state index in [0.29, 0.717) is 23.8 Å². The fourth-order valence-electron chi connectivity index (χ4n) is 2.61. The fraction of sp³-hybridized carbons (Fsp3) is 0.235. The maximum Gasteiger partial charge on any atom is 0.163 e. The van der Waals surface area contributed by atoms with Crippen molar-refractivity contribution in [2.24, 2.45) is 0 Å². The Kier molecular flexibility index (Phi) is 3.62. The number of carbonyl (C=O) groups is 1. The number of fused-ring (bicyclic) bond motifs is 1. The van der Waals surface area contributed by atoms with Crippen molar-refractivity contribution < 1.29 is 9.53 Å². The molecule has 1 unspecified atom stereocenters. The van der Waals surface area contributed by atoms with E-state index >= 15 is 0 Å². The molecule has 2 aromatic rings. The van der Waals surface area contributed by atoms with Gasteiger partial charge in [0.2, 0.25) is 0 Å². The van der Waals surface area contributed by atoms with Crippen molar-refractivity contribution in [2.75, 3.05) is 6.61 Å². The van der Waals surface area contributed by atoms with Gasteiger partial charge in [0.1, 0.15) is 5.75 Å². The number of halogens is 1. The normalized spacial score (nSPS) is 16.2. The number of carbonyl (C=O) groups excluding carboxylic acids is 1. The first-order valence-electron chi connectivity index (χ1n) is 6.66. The minimum atomic E-state index is 0.0292. The molecule has 3 rings (SSSR count). The molecule has 0 spiro atoms. The second-order valence-electron chi connectivity index (χ2n) is 5.11. The molecular weight excluding hydrogens is 316 g/mol. The van der Waals surface area contributed by atoms with E-state index in [-0.39, 0.29) is 5.78 Å². The molecule has 1 aliphatic rings. The van der Waals surface area contributed by atoms with Crippen LogP contribution in [-0.2, 0) is 6.42 Å². The molecule has 0 radical (unpaired) electrons. The average molecular weight is 331 g/mol. The third kappa shape index (κ3) is 2.50. The van der Waals surface area contributed by atoms with Crippen molar-refractivity contribution in [1.82, 2.24) is 0 Å². The van der Waals surface area contributed by atoms with Crippen LogP contribution in [0.4, 0.5) is 0 Å². The molecule has 102 valence electrons. The second-order valence-corrected chi connectivity index (χ2v) is 6.02. The molecule has 1 atom stereocenters. The van der Waals surface area contributed by atoms with E-state index in [4.69, 9.17) is 4.74 Å². The van der Waals surface area contributed by atoms with Crippen molar-refractivity contribution in [3.05, 3.63) is 63.6 Å². The molecule has 2 nitrogen and oxygen atoms in total.